The number of carbonyl (C=O) groups excluding carboxylic acids is 1. The van der Waals surface area contributed by atoms with E-state index in [0.29, 0.717) is 40.9 Å². The summed E-state index contributed by atoms with van der Waals surface area (Å²) in [6.45, 7) is 0.157. The Balaban J connectivity index is 1.58. The molecule has 11 heteroatoms. The van der Waals surface area contributed by atoms with E-state index in [1.807, 2.05) is 24.3 Å². The summed E-state index contributed by atoms with van der Waals surface area (Å²) in [6.07, 6.45) is 0.367. The van der Waals surface area contributed by atoms with E-state index in [1.165, 1.54) is 12.1 Å². The van der Waals surface area contributed by atoms with Crippen molar-refractivity contribution in [3.05, 3.63) is 63.4 Å². The number of amides is 1. The fraction of sp³-hybridized carbons (Fsp3) is 0.280. The Labute approximate surface area is 217 Å². The maximum Gasteiger partial charge on any atom is 0.241 e. The molecule has 2 aliphatic heterocycles. The van der Waals surface area contributed by atoms with Crippen LogP contribution in [0.5, 0.6) is 28.7 Å². The van der Waals surface area contributed by atoms with Crippen molar-refractivity contribution >= 4 is 34.8 Å². The zero-order valence-electron chi connectivity index (χ0n) is 19.7. The number of nitrogens with zero attached hydrogens (tertiary/aromatic N) is 1. The molecule has 2 N–H and O–H groups in total. The first-order chi connectivity index (χ1) is 17.4. The van der Waals surface area contributed by atoms with Crippen LogP contribution in [0.2, 0.25) is 10.3 Å². The average molecular weight is 532 g/mol. The van der Waals surface area contributed by atoms with E-state index < -0.39 is 12.1 Å². The van der Waals surface area contributed by atoms with Gasteiger partial charge in [-0.1, -0.05) is 29.3 Å². The van der Waals surface area contributed by atoms with Crippen LogP contribution in [0.15, 0.2) is 36.4 Å². The second-order valence-electron chi connectivity index (χ2n) is 8.18. The van der Waals surface area contributed by atoms with Gasteiger partial charge in [-0.2, -0.15) is 0 Å². The zero-order valence-corrected chi connectivity index (χ0v) is 21.2. The molecular formula is C25H23Cl2N3O6. The summed E-state index contributed by atoms with van der Waals surface area (Å²) in [6, 6.07) is 9.56. The zero-order chi connectivity index (χ0) is 25.4. The van der Waals surface area contributed by atoms with Crippen molar-refractivity contribution in [1.29, 1.82) is 0 Å². The molecule has 2 aliphatic rings. The van der Waals surface area contributed by atoms with Crippen LogP contribution in [0.4, 0.5) is 5.69 Å². The molecule has 36 heavy (non-hydrogen) atoms. The van der Waals surface area contributed by atoms with E-state index in [-0.39, 0.29) is 23.0 Å². The van der Waals surface area contributed by atoms with Crippen LogP contribution in [0.1, 0.15) is 22.7 Å². The van der Waals surface area contributed by atoms with Gasteiger partial charge in [-0.15, -0.1) is 0 Å². The molecule has 5 rings (SSSR count). The molecule has 3 aromatic rings. The first-order valence-electron chi connectivity index (χ1n) is 11.0. The molecule has 0 aliphatic carbocycles. The monoisotopic (exact) mass is 531 g/mol. The molecule has 0 saturated heterocycles. The van der Waals surface area contributed by atoms with Gasteiger partial charge >= 0.3 is 0 Å². The molecule has 9 nitrogen and oxygen atoms in total. The Kier molecular flexibility index (Phi) is 6.70. The molecule has 0 radical (unpaired) electrons. The molecule has 0 unspecified atom stereocenters. The second-order valence-corrected chi connectivity index (χ2v) is 8.95. The average Bonchev–Trinajstić information content (AvgIpc) is 3.34. The predicted molar refractivity (Wildman–Crippen MR) is 134 cm³/mol. The summed E-state index contributed by atoms with van der Waals surface area (Å²) < 4.78 is 28.1. The number of aromatic nitrogens is 1. The number of hydrogen-bond donors (Lipinski definition) is 2. The summed E-state index contributed by atoms with van der Waals surface area (Å²) in [7, 11) is 4.69. The molecule has 3 heterocycles. The molecular weight excluding hydrogens is 509 g/mol. The van der Waals surface area contributed by atoms with Crippen LogP contribution >= 0.6 is 23.2 Å². The lowest BCUT2D eigenvalue weighted by Gasteiger charge is -2.35. The minimum Gasteiger partial charge on any atom is -0.493 e. The van der Waals surface area contributed by atoms with Crippen molar-refractivity contribution < 1.29 is 28.5 Å². The van der Waals surface area contributed by atoms with Crippen molar-refractivity contribution in [1.82, 2.24) is 10.3 Å². The van der Waals surface area contributed by atoms with Crippen molar-refractivity contribution in [2.75, 3.05) is 33.4 Å². The van der Waals surface area contributed by atoms with Crippen molar-refractivity contribution in [3.8, 4) is 28.7 Å². The highest BCUT2D eigenvalue weighted by Crippen LogP contribution is 2.48. The fourth-order valence-electron chi connectivity index (χ4n) is 4.57. The Morgan fingerprint density at radius 2 is 1.72 bits per heavy atom. The summed E-state index contributed by atoms with van der Waals surface area (Å²) in [5.74, 6) is 2.52. The number of rotatable bonds is 6. The van der Waals surface area contributed by atoms with Gasteiger partial charge in [-0.05, 0) is 47.9 Å². The molecule has 188 valence electrons. The summed E-state index contributed by atoms with van der Waals surface area (Å²) in [5.41, 5.74) is 3.02. The molecule has 1 amide bonds. The van der Waals surface area contributed by atoms with Crippen LogP contribution in [-0.4, -0.2) is 45.1 Å². The minimum absolute atomic E-state index is 0.157. The molecule has 2 aromatic carbocycles. The van der Waals surface area contributed by atoms with Gasteiger partial charge < -0.3 is 29.0 Å². The molecule has 0 saturated carbocycles. The van der Waals surface area contributed by atoms with Gasteiger partial charge in [0.05, 0.1) is 33.4 Å². The smallest absolute Gasteiger partial charge is 0.241 e. The largest absolute Gasteiger partial charge is 0.493 e. The lowest BCUT2D eigenvalue weighted by atomic mass is 9.85. The van der Waals surface area contributed by atoms with Gasteiger partial charge in [0.15, 0.2) is 23.0 Å². The molecule has 0 fully saturated rings. The normalized spacial score (nSPS) is 17.8. The quantitative estimate of drug-likeness (QED) is 0.452. The third kappa shape index (κ3) is 4.45. The SMILES string of the molecule is COc1cc2c(c(OC)c1OC)[C@@H](c1ccc3c(c1)OCO3)N[C@H](C(=O)Nc1cc(Cl)nc(Cl)c1)C2. The van der Waals surface area contributed by atoms with E-state index in [4.69, 9.17) is 46.9 Å². The number of pyridine rings is 1. The van der Waals surface area contributed by atoms with Crippen LogP contribution < -0.4 is 34.3 Å². The van der Waals surface area contributed by atoms with Gasteiger partial charge in [0.1, 0.15) is 10.3 Å². The summed E-state index contributed by atoms with van der Waals surface area (Å²) in [4.78, 5) is 17.3. The van der Waals surface area contributed by atoms with Gasteiger partial charge in [-0.3, -0.25) is 10.1 Å². The van der Waals surface area contributed by atoms with E-state index >= 15 is 0 Å². The number of halogens is 2. The maximum absolute atomic E-state index is 13.4. The number of fused-ring (bicyclic) bond motifs is 2. The van der Waals surface area contributed by atoms with Gasteiger partial charge in [0.2, 0.25) is 18.4 Å². The number of hydrogen-bond acceptors (Lipinski definition) is 8. The molecule has 2 atom stereocenters. The fourth-order valence-corrected chi connectivity index (χ4v) is 5.03. The van der Waals surface area contributed by atoms with Gasteiger partial charge in [0.25, 0.3) is 0 Å². The summed E-state index contributed by atoms with van der Waals surface area (Å²) in [5, 5.41) is 6.70. The minimum atomic E-state index is -0.610. The lowest BCUT2D eigenvalue weighted by molar-refractivity contribution is -0.118. The number of benzene rings is 2. The Morgan fingerprint density at radius 3 is 2.42 bits per heavy atom. The topological polar surface area (TPSA) is 100 Å². The maximum atomic E-state index is 13.4. The molecule has 0 spiro atoms. The highest BCUT2D eigenvalue weighted by molar-refractivity contribution is 6.33. The second kappa shape index (κ2) is 9.93. The lowest BCUT2D eigenvalue weighted by Crippen LogP contribution is -2.47. The highest BCUT2D eigenvalue weighted by atomic mass is 35.5. The van der Waals surface area contributed by atoms with Gasteiger partial charge in [-0.25, -0.2) is 4.98 Å². The Morgan fingerprint density at radius 1 is 1.00 bits per heavy atom. The van der Waals surface area contributed by atoms with E-state index in [9.17, 15) is 4.79 Å². The first kappa shape index (κ1) is 24.3. The van der Waals surface area contributed by atoms with Crippen molar-refractivity contribution in [3.63, 3.8) is 0 Å². The number of ether oxygens (including phenoxy) is 5. The van der Waals surface area contributed by atoms with Crippen molar-refractivity contribution in [2.45, 2.75) is 18.5 Å². The number of anilines is 1. The van der Waals surface area contributed by atoms with Crippen LogP contribution in [0, 0.1) is 0 Å². The number of methoxy groups -OCH3 is 3. The van der Waals surface area contributed by atoms with Crippen LogP contribution in [0.3, 0.4) is 0 Å². The third-order valence-corrected chi connectivity index (χ3v) is 6.50. The molecule has 0 bridgehead atoms. The number of nitrogens with one attached hydrogen (secondary N) is 2. The Bertz CT molecular complexity index is 1320. The number of carbonyl (C=O) groups is 1. The Hall–Kier alpha value is -3.40. The van der Waals surface area contributed by atoms with Crippen LogP contribution in [-0.2, 0) is 11.2 Å². The first-order valence-corrected chi connectivity index (χ1v) is 11.8. The van der Waals surface area contributed by atoms with E-state index in [1.54, 1.807) is 21.3 Å². The summed E-state index contributed by atoms with van der Waals surface area (Å²) >= 11 is 12.0. The van der Waals surface area contributed by atoms with Gasteiger partial charge in [0, 0.05) is 11.3 Å². The van der Waals surface area contributed by atoms with Crippen molar-refractivity contribution in [2.24, 2.45) is 0 Å². The third-order valence-electron chi connectivity index (χ3n) is 6.11. The predicted octanol–water partition coefficient (Wildman–Crippen LogP) is 4.39. The van der Waals surface area contributed by atoms with E-state index in [2.05, 4.69) is 15.6 Å². The highest BCUT2D eigenvalue weighted by Gasteiger charge is 2.37. The van der Waals surface area contributed by atoms with Crippen LogP contribution in [0.25, 0.3) is 0 Å². The molecule has 1 aromatic heterocycles. The standard InChI is InChI=1S/C25H23Cl2N3O6/c1-32-18-8-13-6-15(25(31)28-14-9-19(26)30-20(27)10-14)29-22(21(13)24(34-3)23(18)33-2)12-4-5-16-17(7-12)36-11-35-16/h4-5,7-10,15,22,29H,6,11H2,1-3H3,(H,28,30,31)/t15-,22+/m0/s1. The van der Waals surface area contributed by atoms with E-state index in [0.717, 1.165) is 16.7 Å².